The molecule has 0 aliphatic rings. The van der Waals surface area contributed by atoms with E-state index in [9.17, 15) is 18.0 Å². The van der Waals surface area contributed by atoms with E-state index in [1.54, 1.807) is 13.0 Å². The average Bonchev–Trinajstić information content (AvgIpc) is 3.26. The highest BCUT2D eigenvalue weighted by Crippen LogP contribution is 2.49. The topological polar surface area (TPSA) is 79.8 Å². The molecule has 6 nitrogen and oxygen atoms in total. The lowest BCUT2D eigenvalue weighted by atomic mass is 9.99. The van der Waals surface area contributed by atoms with Gasteiger partial charge in [0.2, 0.25) is 5.95 Å². The highest BCUT2D eigenvalue weighted by Gasteiger charge is 2.42. The number of anilines is 1. The first-order valence-corrected chi connectivity index (χ1v) is 11.2. The fourth-order valence-corrected chi connectivity index (χ4v) is 4.65. The van der Waals surface area contributed by atoms with Gasteiger partial charge in [0.25, 0.3) is 5.91 Å². The number of benzene rings is 1. The molecule has 0 radical (unpaired) electrons. The lowest BCUT2D eigenvalue weighted by Crippen LogP contribution is -2.24. The van der Waals surface area contributed by atoms with Crippen molar-refractivity contribution in [3.05, 3.63) is 83.1 Å². The molecule has 0 bridgehead atoms. The molecule has 3 aromatic heterocycles. The van der Waals surface area contributed by atoms with E-state index < -0.39 is 22.5 Å². The van der Waals surface area contributed by atoms with E-state index in [0.717, 1.165) is 16.9 Å². The minimum Gasteiger partial charge on any atom is -0.352 e. The number of halogens is 3. The van der Waals surface area contributed by atoms with E-state index >= 15 is 0 Å². The standard InChI is InChI=1S/C24H20F3N5OS/c1-2-29-22(33)21-19(24(25,26)27)18(16-9-6-11-28-14-16)20(34-21)17-10-12-30-23(32-17)31-13-15-7-4-3-5-8-15/h3-12,14H,2,13H2,1H3,(H,29,33)(H,30,31,32). The minimum atomic E-state index is -4.76. The number of carbonyl (C=O) groups is 1. The molecule has 4 aromatic rings. The Morgan fingerprint density at radius 2 is 1.85 bits per heavy atom. The fourth-order valence-electron chi connectivity index (χ4n) is 3.42. The van der Waals surface area contributed by atoms with Crippen LogP contribution in [0.25, 0.3) is 21.7 Å². The molecule has 174 valence electrons. The van der Waals surface area contributed by atoms with E-state index in [1.165, 1.54) is 30.7 Å². The van der Waals surface area contributed by atoms with Gasteiger partial charge in [-0.15, -0.1) is 11.3 Å². The molecule has 0 spiro atoms. The Kier molecular flexibility index (Phi) is 6.87. The lowest BCUT2D eigenvalue weighted by Gasteiger charge is -2.12. The molecule has 0 saturated heterocycles. The Balaban J connectivity index is 1.83. The number of carbonyl (C=O) groups excluding carboxylic acids is 1. The predicted molar refractivity (Wildman–Crippen MR) is 125 cm³/mol. The van der Waals surface area contributed by atoms with Crippen LogP contribution in [-0.4, -0.2) is 27.4 Å². The molecule has 2 N–H and O–H groups in total. The Morgan fingerprint density at radius 3 is 2.53 bits per heavy atom. The van der Waals surface area contributed by atoms with Gasteiger partial charge in [-0.1, -0.05) is 36.4 Å². The largest absolute Gasteiger partial charge is 0.418 e. The summed E-state index contributed by atoms with van der Waals surface area (Å²) < 4.78 is 42.8. The van der Waals surface area contributed by atoms with Crippen molar-refractivity contribution in [1.29, 1.82) is 0 Å². The SMILES string of the molecule is CCNC(=O)c1sc(-c2ccnc(NCc3ccccc3)n2)c(-c2cccnc2)c1C(F)(F)F. The summed E-state index contributed by atoms with van der Waals surface area (Å²) in [7, 11) is 0. The average molecular weight is 484 g/mol. The van der Waals surface area contributed by atoms with Gasteiger partial charge in [0.15, 0.2) is 0 Å². The molecule has 0 saturated carbocycles. The van der Waals surface area contributed by atoms with Crippen LogP contribution in [0.3, 0.4) is 0 Å². The van der Waals surface area contributed by atoms with Gasteiger partial charge in [0.05, 0.1) is 16.1 Å². The van der Waals surface area contributed by atoms with Crippen molar-refractivity contribution in [3.63, 3.8) is 0 Å². The number of alkyl halides is 3. The van der Waals surface area contributed by atoms with Crippen LogP contribution in [0.5, 0.6) is 0 Å². The quantitative estimate of drug-likeness (QED) is 0.355. The molecular formula is C24H20F3N5OS. The number of hydrogen-bond acceptors (Lipinski definition) is 6. The molecule has 0 atom stereocenters. The van der Waals surface area contributed by atoms with Crippen molar-refractivity contribution in [2.45, 2.75) is 19.6 Å². The molecular weight excluding hydrogens is 463 g/mol. The number of amides is 1. The van der Waals surface area contributed by atoms with E-state index in [4.69, 9.17) is 0 Å². The zero-order valence-electron chi connectivity index (χ0n) is 18.1. The highest BCUT2D eigenvalue weighted by atomic mass is 32.1. The zero-order valence-corrected chi connectivity index (χ0v) is 18.9. The molecule has 0 aliphatic heterocycles. The Morgan fingerprint density at radius 1 is 1.06 bits per heavy atom. The number of nitrogens with one attached hydrogen (secondary N) is 2. The first-order chi connectivity index (χ1) is 16.4. The van der Waals surface area contributed by atoms with E-state index in [2.05, 4.69) is 25.6 Å². The number of rotatable bonds is 7. The van der Waals surface area contributed by atoms with Crippen LogP contribution in [0, 0.1) is 0 Å². The van der Waals surface area contributed by atoms with Crippen molar-refractivity contribution in [1.82, 2.24) is 20.3 Å². The summed E-state index contributed by atoms with van der Waals surface area (Å²) in [4.78, 5) is 25.0. The molecule has 4 rings (SSSR count). The summed E-state index contributed by atoms with van der Waals surface area (Å²) in [6.07, 6.45) is -0.467. The van der Waals surface area contributed by atoms with E-state index in [1.807, 2.05) is 30.3 Å². The van der Waals surface area contributed by atoms with Crippen molar-refractivity contribution in [3.8, 4) is 21.7 Å². The number of aromatic nitrogens is 3. The predicted octanol–water partition coefficient (Wildman–Crippen LogP) is 5.65. The molecule has 1 aromatic carbocycles. The van der Waals surface area contributed by atoms with Crippen LogP contribution in [0.4, 0.5) is 19.1 Å². The van der Waals surface area contributed by atoms with Crippen molar-refractivity contribution < 1.29 is 18.0 Å². The molecule has 3 heterocycles. The normalized spacial score (nSPS) is 11.3. The van der Waals surface area contributed by atoms with Gasteiger partial charge < -0.3 is 10.6 Å². The second kappa shape index (κ2) is 10.0. The minimum absolute atomic E-state index is 0.125. The maximum absolute atomic E-state index is 14.3. The molecule has 0 unspecified atom stereocenters. The van der Waals surface area contributed by atoms with Crippen LogP contribution < -0.4 is 10.6 Å². The molecule has 0 aliphatic carbocycles. The van der Waals surface area contributed by atoms with Crippen molar-refractivity contribution in [2.24, 2.45) is 0 Å². The Hall–Kier alpha value is -3.79. The molecule has 34 heavy (non-hydrogen) atoms. The third-order valence-electron chi connectivity index (χ3n) is 4.87. The molecule has 10 heteroatoms. The van der Waals surface area contributed by atoms with Gasteiger partial charge in [-0.25, -0.2) is 9.97 Å². The van der Waals surface area contributed by atoms with Crippen molar-refractivity contribution in [2.75, 3.05) is 11.9 Å². The van der Waals surface area contributed by atoms with Crippen LogP contribution in [0.2, 0.25) is 0 Å². The van der Waals surface area contributed by atoms with E-state index in [0.29, 0.717) is 6.54 Å². The molecule has 1 amide bonds. The van der Waals surface area contributed by atoms with Crippen LogP contribution >= 0.6 is 11.3 Å². The maximum atomic E-state index is 14.3. The van der Waals surface area contributed by atoms with Gasteiger partial charge >= 0.3 is 6.18 Å². The summed E-state index contributed by atoms with van der Waals surface area (Å²) in [5, 5.41) is 5.57. The fraction of sp³-hybridized carbons (Fsp3) is 0.167. The van der Waals surface area contributed by atoms with Gasteiger partial charge in [0.1, 0.15) is 4.88 Å². The zero-order chi connectivity index (χ0) is 24.1. The number of nitrogens with zero attached hydrogens (tertiary/aromatic N) is 3. The first-order valence-electron chi connectivity index (χ1n) is 10.4. The summed E-state index contributed by atoms with van der Waals surface area (Å²) in [6, 6.07) is 14.2. The van der Waals surface area contributed by atoms with Gasteiger partial charge in [-0.05, 0) is 24.6 Å². The van der Waals surface area contributed by atoms with Crippen molar-refractivity contribution >= 4 is 23.2 Å². The van der Waals surface area contributed by atoms with Crippen LogP contribution in [0.1, 0.15) is 27.7 Å². The summed E-state index contributed by atoms with van der Waals surface area (Å²) >= 11 is 0.754. The van der Waals surface area contributed by atoms with Crippen LogP contribution in [-0.2, 0) is 12.7 Å². The smallest absolute Gasteiger partial charge is 0.352 e. The third kappa shape index (κ3) is 5.07. The summed E-state index contributed by atoms with van der Waals surface area (Å²) in [5.41, 5.74) is 0.398. The second-order valence-electron chi connectivity index (χ2n) is 7.21. The molecule has 0 fully saturated rings. The van der Waals surface area contributed by atoms with Gasteiger partial charge in [-0.3, -0.25) is 9.78 Å². The monoisotopic (exact) mass is 483 g/mol. The Labute approximate surface area is 197 Å². The van der Waals surface area contributed by atoms with Crippen LogP contribution in [0.15, 0.2) is 67.1 Å². The Bertz CT molecular complexity index is 1280. The number of hydrogen-bond donors (Lipinski definition) is 2. The lowest BCUT2D eigenvalue weighted by molar-refractivity contribution is -0.137. The van der Waals surface area contributed by atoms with E-state index in [-0.39, 0.29) is 34.2 Å². The number of pyridine rings is 1. The number of thiophene rings is 1. The summed E-state index contributed by atoms with van der Waals surface area (Å²) in [6.45, 7) is 2.30. The third-order valence-corrected chi connectivity index (χ3v) is 6.08. The maximum Gasteiger partial charge on any atom is 0.418 e. The second-order valence-corrected chi connectivity index (χ2v) is 8.23. The first kappa shape index (κ1) is 23.4. The van der Waals surface area contributed by atoms with Gasteiger partial charge in [-0.2, -0.15) is 13.2 Å². The highest BCUT2D eigenvalue weighted by molar-refractivity contribution is 7.18. The summed E-state index contributed by atoms with van der Waals surface area (Å²) in [5.74, 6) is -0.521. The van der Waals surface area contributed by atoms with Gasteiger partial charge in [0, 0.05) is 42.8 Å².